The third-order valence-corrected chi connectivity index (χ3v) is 1.69. The van der Waals surface area contributed by atoms with Crippen LogP contribution in [0.5, 0.6) is 0 Å². The smallest absolute Gasteiger partial charge is 0.228 e. The van der Waals surface area contributed by atoms with Crippen molar-refractivity contribution in [1.82, 2.24) is 4.98 Å². The van der Waals surface area contributed by atoms with Crippen LogP contribution < -0.4 is 5.32 Å². The van der Waals surface area contributed by atoms with Gasteiger partial charge in [0.2, 0.25) is 5.91 Å². The largest absolute Gasteiger partial charge is 0.324 e. The molecule has 1 aromatic heterocycles. The topological polar surface area (TPSA) is 42.0 Å². The maximum atomic E-state index is 11.1. The van der Waals surface area contributed by atoms with Crippen LogP contribution in [0.4, 0.5) is 5.69 Å². The quantitative estimate of drug-likeness (QED) is 0.623. The van der Waals surface area contributed by atoms with E-state index in [1.807, 2.05) is 18.2 Å². The maximum absolute atomic E-state index is 11.1. The van der Waals surface area contributed by atoms with Gasteiger partial charge in [-0.2, -0.15) is 0 Å². The Hall–Kier alpha value is -1.64. The average molecular weight is 160 g/mol. The zero-order valence-electron chi connectivity index (χ0n) is 6.45. The van der Waals surface area contributed by atoms with Crippen LogP contribution in [0.15, 0.2) is 24.4 Å². The van der Waals surface area contributed by atoms with E-state index in [4.69, 9.17) is 0 Å². The molecule has 0 radical (unpaired) electrons. The van der Waals surface area contributed by atoms with Gasteiger partial charge < -0.3 is 5.32 Å². The Kier molecular flexibility index (Phi) is 1.63. The van der Waals surface area contributed by atoms with Crippen LogP contribution in [0, 0.1) is 0 Å². The van der Waals surface area contributed by atoms with Gasteiger partial charge in [0.25, 0.3) is 0 Å². The van der Waals surface area contributed by atoms with Crippen molar-refractivity contribution in [2.45, 2.75) is 6.42 Å². The number of carbonyl (C=O) groups is 1. The van der Waals surface area contributed by atoms with Gasteiger partial charge in [-0.1, -0.05) is 6.08 Å². The molecule has 12 heavy (non-hydrogen) atoms. The minimum Gasteiger partial charge on any atom is -0.324 e. The van der Waals surface area contributed by atoms with Crippen molar-refractivity contribution in [2.75, 3.05) is 5.32 Å². The number of hydrogen-bond donors (Lipinski definition) is 1. The monoisotopic (exact) mass is 160 g/mol. The molecule has 0 aliphatic carbocycles. The number of anilines is 1. The number of carbonyl (C=O) groups excluding carboxylic acids is 1. The second-order valence-electron chi connectivity index (χ2n) is 2.59. The van der Waals surface area contributed by atoms with Crippen molar-refractivity contribution in [1.29, 1.82) is 0 Å². The molecule has 0 atom stereocenters. The molecule has 2 rings (SSSR count). The normalized spacial score (nSPS) is 14.8. The number of amides is 1. The Morgan fingerprint density at radius 2 is 2.42 bits per heavy atom. The van der Waals surface area contributed by atoms with Crippen LogP contribution in [0.1, 0.15) is 12.1 Å². The molecule has 2 heterocycles. The minimum absolute atomic E-state index is 0.0120. The highest BCUT2D eigenvalue weighted by atomic mass is 16.1. The lowest BCUT2D eigenvalue weighted by atomic mass is 10.3. The summed E-state index contributed by atoms with van der Waals surface area (Å²) in [5.41, 5.74) is 1.61. The van der Waals surface area contributed by atoms with Crippen molar-refractivity contribution >= 4 is 17.7 Å². The van der Waals surface area contributed by atoms with E-state index in [9.17, 15) is 4.79 Å². The fourth-order valence-corrected chi connectivity index (χ4v) is 1.13. The van der Waals surface area contributed by atoms with Crippen LogP contribution in [0.3, 0.4) is 0 Å². The molecule has 1 aliphatic rings. The van der Waals surface area contributed by atoms with E-state index in [2.05, 4.69) is 10.3 Å². The predicted octanol–water partition coefficient (Wildman–Crippen LogP) is 1.44. The summed E-state index contributed by atoms with van der Waals surface area (Å²) < 4.78 is 0. The lowest BCUT2D eigenvalue weighted by Crippen LogP contribution is -2.09. The molecular weight excluding hydrogens is 152 g/mol. The lowest BCUT2D eigenvalue weighted by molar-refractivity contribution is -0.115. The summed E-state index contributed by atoms with van der Waals surface area (Å²) in [7, 11) is 0. The van der Waals surface area contributed by atoms with Crippen LogP contribution in [0.2, 0.25) is 0 Å². The second-order valence-corrected chi connectivity index (χ2v) is 2.59. The second kappa shape index (κ2) is 2.77. The number of aromatic nitrogens is 1. The molecule has 1 aromatic rings. The SMILES string of the molecule is O=C1CC=Cc2ncccc2N1. The third-order valence-electron chi connectivity index (χ3n) is 1.69. The van der Waals surface area contributed by atoms with Gasteiger partial charge in [0, 0.05) is 12.6 Å². The van der Waals surface area contributed by atoms with E-state index in [-0.39, 0.29) is 5.91 Å². The first-order valence-electron chi connectivity index (χ1n) is 3.78. The van der Waals surface area contributed by atoms with Crippen LogP contribution in [-0.2, 0) is 4.79 Å². The van der Waals surface area contributed by atoms with E-state index in [0.29, 0.717) is 6.42 Å². The molecule has 0 saturated carbocycles. The first-order chi connectivity index (χ1) is 5.86. The number of nitrogens with zero attached hydrogens (tertiary/aromatic N) is 1. The molecular formula is C9H8N2O. The first-order valence-corrected chi connectivity index (χ1v) is 3.78. The van der Waals surface area contributed by atoms with Gasteiger partial charge in [-0.05, 0) is 18.2 Å². The summed E-state index contributed by atoms with van der Waals surface area (Å²) in [5.74, 6) is 0.0120. The summed E-state index contributed by atoms with van der Waals surface area (Å²) in [4.78, 5) is 15.2. The minimum atomic E-state index is 0.0120. The molecule has 0 aromatic carbocycles. The Bertz CT molecular complexity index is 344. The highest BCUT2D eigenvalue weighted by molar-refractivity contribution is 5.95. The maximum Gasteiger partial charge on any atom is 0.228 e. The summed E-state index contributed by atoms with van der Waals surface area (Å²) >= 11 is 0. The highest BCUT2D eigenvalue weighted by Gasteiger charge is 2.07. The molecule has 1 aliphatic heterocycles. The zero-order valence-corrected chi connectivity index (χ0v) is 6.45. The highest BCUT2D eigenvalue weighted by Crippen LogP contribution is 2.16. The molecule has 3 nitrogen and oxygen atoms in total. The Balaban J connectivity index is 2.48. The lowest BCUT2D eigenvalue weighted by Gasteiger charge is -2.02. The molecule has 0 spiro atoms. The zero-order chi connectivity index (χ0) is 8.39. The number of hydrogen-bond acceptors (Lipinski definition) is 2. The number of rotatable bonds is 0. The molecule has 0 bridgehead atoms. The van der Waals surface area contributed by atoms with Crippen molar-refractivity contribution in [3.63, 3.8) is 0 Å². The molecule has 1 amide bonds. The first kappa shape index (κ1) is 7.03. The van der Waals surface area contributed by atoms with Gasteiger partial charge >= 0.3 is 0 Å². The van der Waals surface area contributed by atoms with Gasteiger partial charge in [-0.15, -0.1) is 0 Å². The van der Waals surface area contributed by atoms with Gasteiger partial charge in [-0.25, -0.2) is 0 Å². The van der Waals surface area contributed by atoms with E-state index >= 15 is 0 Å². The van der Waals surface area contributed by atoms with Gasteiger partial charge in [0.05, 0.1) is 11.4 Å². The van der Waals surface area contributed by atoms with Crippen LogP contribution in [-0.4, -0.2) is 10.9 Å². The predicted molar refractivity (Wildman–Crippen MR) is 46.5 cm³/mol. The van der Waals surface area contributed by atoms with Crippen molar-refractivity contribution < 1.29 is 4.79 Å². The fourth-order valence-electron chi connectivity index (χ4n) is 1.13. The Labute approximate surface area is 70.1 Å². The average Bonchev–Trinajstić information content (AvgIpc) is 2.25. The van der Waals surface area contributed by atoms with Crippen molar-refractivity contribution in [3.8, 4) is 0 Å². The molecule has 60 valence electrons. The van der Waals surface area contributed by atoms with Crippen molar-refractivity contribution in [3.05, 3.63) is 30.1 Å². The third kappa shape index (κ3) is 1.21. The summed E-state index contributed by atoms with van der Waals surface area (Å²) in [6, 6.07) is 3.65. The molecule has 3 heteroatoms. The van der Waals surface area contributed by atoms with Gasteiger partial charge in [-0.3, -0.25) is 9.78 Å². The van der Waals surface area contributed by atoms with E-state index in [0.717, 1.165) is 11.4 Å². The summed E-state index contributed by atoms with van der Waals surface area (Å²) in [6.45, 7) is 0. The van der Waals surface area contributed by atoms with E-state index in [1.165, 1.54) is 0 Å². The van der Waals surface area contributed by atoms with Gasteiger partial charge in [0.15, 0.2) is 0 Å². The summed E-state index contributed by atoms with van der Waals surface area (Å²) in [5, 5.41) is 2.76. The number of pyridine rings is 1. The Morgan fingerprint density at radius 3 is 3.33 bits per heavy atom. The molecule has 0 fully saturated rings. The molecule has 0 saturated heterocycles. The molecule has 1 N–H and O–H groups in total. The number of nitrogens with one attached hydrogen (secondary N) is 1. The fraction of sp³-hybridized carbons (Fsp3) is 0.111. The Morgan fingerprint density at radius 1 is 1.50 bits per heavy atom. The molecule has 0 unspecified atom stereocenters. The summed E-state index contributed by atoms with van der Waals surface area (Å²) in [6.07, 6.45) is 5.80. The standard InChI is InChI=1S/C9H8N2O/c12-9-5-1-3-7-8(11-9)4-2-6-10-7/h1-4,6H,5H2,(H,11,12). The van der Waals surface area contributed by atoms with Crippen molar-refractivity contribution in [2.24, 2.45) is 0 Å². The number of fused-ring (bicyclic) bond motifs is 1. The van der Waals surface area contributed by atoms with E-state index in [1.54, 1.807) is 12.3 Å². The van der Waals surface area contributed by atoms with E-state index < -0.39 is 0 Å². The van der Waals surface area contributed by atoms with Crippen LogP contribution >= 0.6 is 0 Å². The van der Waals surface area contributed by atoms with Crippen LogP contribution in [0.25, 0.3) is 6.08 Å². The van der Waals surface area contributed by atoms with Gasteiger partial charge in [0.1, 0.15) is 0 Å².